The molecule has 1 aliphatic heterocycles. The van der Waals surface area contributed by atoms with Crippen LogP contribution in [0.3, 0.4) is 0 Å². The van der Waals surface area contributed by atoms with Crippen molar-refractivity contribution in [1.29, 1.82) is 0 Å². The van der Waals surface area contributed by atoms with Gasteiger partial charge in [0.2, 0.25) is 0 Å². The molecular weight excluding hydrogens is 374 g/mol. The van der Waals surface area contributed by atoms with Gasteiger partial charge in [-0.1, -0.05) is 42.5 Å². The average Bonchev–Trinajstić information content (AvgIpc) is 2.79. The predicted octanol–water partition coefficient (Wildman–Crippen LogP) is 4.16. The molecule has 30 heavy (non-hydrogen) atoms. The van der Waals surface area contributed by atoms with Crippen LogP contribution in [0.25, 0.3) is 0 Å². The van der Waals surface area contributed by atoms with Crippen LogP contribution in [-0.2, 0) is 6.54 Å². The van der Waals surface area contributed by atoms with Gasteiger partial charge in [0.05, 0.1) is 0 Å². The van der Waals surface area contributed by atoms with Crippen molar-refractivity contribution >= 4 is 11.6 Å². The van der Waals surface area contributed by atoms with Crippen molar-refractivity contribution in [3.05, 3.63) is 90.0 Å². The van der Waals surface area contributed by atoms with Crippen molar-refractivity contribution in [2.45, 2.75) is 6.54 Å². The van der Waals surface area contributed by atoms with Crippen LogP contribution < -0.4 is 15.0 Å². The molecule has 0 unspecified atom stereocenters. The van der Waals surface area contributed by atoms with Gasteiger partial charge in [-0.05, 0) is 49.0 Å². The number of amides is 1. The van der Waals surface area contributed by atoms with E-state index in [2.05, 4.69) is 40.4 Å². The lowest BCUT2D eigenvalue weighted by molar-refractivity contribution is 0.0950. The van der Waals surface area contributed by atoms with E-state index in [-0.39, 0.29) is 5.91 Å². The molecule has 3 aromatic rings. The molecule has 1 amide bonds. The maximum absolute atomic E-state index is 12.8. The van der Waals surface area contributed by atoms with E-state index in [1.807, 2.05) is 48.5 Å². The number of carbonyl (C=O) groups is 1. The molecule has 1 heterocycles. The molecule has 3 aromatic carbocycles. The number of rotatable bonds is 6. The Labute approximate surface area is 177 Å². The van der Waals surface area contributed by atoms with Crippen molar-refractivity contribution in [2.75, 3.05) is 38.1 Å². The van der Waals surface area contributed by atoms with E-state index in [1.54, 1.807) is 12.1 Å². The summed E-state index contributed by atoms with van der Waals surface area (Å²) in [6, 6.07) is 25.1. The van der Waals surface area contributed by atoms with Gasteiger partial charge in [0, 0.05) is 44.0 Å². The van der Waals surface area contributed by atoms with E-state index >= 15 is 0 Å². The van der Waals surface area contributed by atoms with Gasteiger partial charge in [-0.3, -0.25) is 4.79 Å². The number of carbonyl (C=O) groups excluding carboxylic acids is 1. The molecule has 1 saturated heterocycles. The van der Waals surface area contributed by atoms with Crippen LogP contribution in [0.2, 0.25) is 0 Å². The highest BCUT2D eigenvalue weighted by Crippen LogP contribution is 2.23. The molecule has 1 N–H and O–H groups in total. The SMILES string of the molecule is CN1CCN(c2ccccc2CNC(=O)c2cccc(Oc3ccccc3)c2)CC1. The third-order valence-electron chi connectivity index (χ3n) is 5.35. The lowest BCUT2D eigenvalue weighted by Crippen LogP contribution is -2.45. The molecule has 1 aliphatic rings. The standard InChI is InChI=1S/C25H27N3O2/c1-27-14-16-28(17-15-27)24-13-6-5-8-21(24)19-26-25(29)20-9-7-12-23(18-20)30-22-10-3-2-4-11-22/h2-13,18H,14-17,19H2,1H3,(H,26,29). The summed E-state index contributed by atoms with van der Waals surface area (Å²) < 4.78 is 5.85. The molecule has 1 fully saturated rings. The van der Waals surface area contributed by atoms with E-state index in [4.69, 9.17) is 4.74 Å². The first-order valence-electron chi connectivity index (χ1n) is 10.3. The number of ether oxygens (including phenoxy) is 1. The zero-order valence-corrected chi connectivity index (χ0v) is 17.3. The summed E-state index contributed by atoms with van der Waals surface area (Å²) in [6.07, 6.45) is 0. The van der Waals surface area contributed by atoms with Crippen molar-refractivity contribution in [3.63, 3.8) is 0 Å². The normalized spacial score (nSPS) is 14.4. The van der Waals surface area contributed by atoms with Gasteiger partial charge in [0.1, 0.15) is 11.5 Å². The van der Waals surface area contributed by atoms with Crippen LogP contribution in [0.15, 0.2) is 78.9 Å². The fourth-order valence-electron chi connectivity index (χ4n) is 3.62. The van der Waals surface area contributed by atoms with Crippen LogP contribution in [0.5, 0.6) is 11.5 Å². The van der Waals surface area contributed by atoms with Crippen LogP contribution in [-0.4, -0.2) is 44.0 Å². The zero-order valence-electron chi connectivity index (χ0n) is 17.3. The minimum absolute atomic E-state index is 0.110. The molecule has 4 rings (SSSR count). The predicted molar refractivity (Wildman–Crippen MR) is 120 cm³/mol. The fraction of sp³-hybridized carbons (Fsp3) is 0.240. The Morgan fingerprint density at radius 1 is 0.867 bits per heavy atom. The number of para-hydroxylation sites is 2. The van der Waals surface area contributed by atoms with E-state index in [0.717, 1.165) is 37.5 Å². The lowest BCUT2D eigenvalue weighted by atomic mass is 10.1. The highest BCUT2D eigenvalue weighted by Gasteiger charge is 2.17. The molecule has 5 nitrogen and oxygen atoms in total. The molecule has 0 radical (unpaired) electrons. The second-order valence-electron chi connectivity index (χ2n) is 7.54. The quantitative estimate of drug-likeness (QED) is 0.674. The Hall–Kier alpha value is -3.31. The van der Waals surface area contributed by atoms with E-state index in [1.165, 1.54) is 5.69 Å². The van der Waals surface area contributed by atoms with Gasteiger partial charge in [-0.25, -0.2) is 0 Å². The van der Waals surface area contributed by atoms with Gasteiger partial charge in [-0.15, -0.1) is 0 Å². The number of nitrogens with zero attached hydrogens (tertiary/aromatic N) is 2. The Bertz CT molecular complexity index is 982. The number of anilines is 1. The largest absolute Gasteiger partial charge is 0.457 e. The number of piperazine rings is 1. The van der Waals surface area contributed by atoms with Gasteiger partial charge < -0.3 is 19.9 Å². The molecule has 154 valence electrons. The summed E-state index contributed by atoms with van der Waals surface area (Å²) in [4.78, 5) is 17.5. The summed E-state index contributed by atoms with van der Waals surface area (Å²) in [5.41, 5.74) is 2.92. The summed E-state index contributed by atoms with van der Waals surface area (Å²) in [7, 11) is 2.15. The Balaban J connectivity index is 1.41. The minimum Gasteiger partial charge on any atom is -0.457 e. The molecular formula is C25H27N3O2. The molecule has 0 aromatic heterocycles. The van der Waals surface area contributed by atoms with Crippen LogP contribution in [0, 0.1) is 0 Å². The van der Waals surface area contributed by atoms with Gasteiger partial charge in [0.25, 0.3) is 5.91 Å². The Morgan fingerprint density at radius 3 is 2.37 bits per heavy atom. The number of hydrogen-bond acceptors (Lipinski definition) is 4. The van der Waals surface area contributed by atoms with Crippen LogP contribution >= 0.6 is 0 Å². The highest BCUT2D eigenvalue weighted by molar-refractivity contribution is 5.94. The average molecular weight is 402 g/mol. The topological polar surface area (TPSA) is 44.8 Å². The van der Waals surface area contributed by atoms with Crippen molar-refractivity contribution in [3.8, 4) is 11.5 Å². The van der Waals surface area contributed by atoms with E-state index < -0.39 is 0 Å². The number of benzene rings is 3. The summed E-state index contributed by atoms with van der Waals surface area (Å²) in [5, 5.41) is 3.06. The third kappa shape index (κ3) is 4.99. The van der Waals surface area contributed by atoms with Crippen LogP contribution in [0.4, 0.5) is 5.69 Å². The van der Waals surface area contributed by atoms with Crippen molar-refractivity contribution in [1.82, 2.24) is 10.2 Å². The summed E-state index contributed by atoms with van der Waals surface area (Å²) in [6.45, 7) is 4.59. The lowest BCUT2D eigenvalue weighted by Gasteiger charge is -2.35. The van der Waals surface area contributed by atoms with Gasteiger partial charge in [-0.2, -0.15) is 0 Å². The minimum atomic E-state index is -0.110. The molecule has 0 saturated carbocycles. The first-order valence-corrected chi connectivity index (χ1v) is 10.3. The smallest absolute Gasteiger partial charge is 0.251 e. The Morgan fingerprint density at radius 2 is 1.57 bits per heavy atom. The molecule has 0 bridgehead atoms. The van der Waals surface area contributed by atoms with Crippen molar-refractivity contribution < 1.29 is 9.53 Å². The van der Waals surface area contributed by atoms with Crippen LogP contribution in [0.1, 0.15) is 15.9 Å². The molecule has 0 atom stereocenters. The maximum Gasteiger partial charge on any atom is 0.251 e. The summed E-state index contributed by atoms with van der Waals surface area (Å²) >= 11 is 0. The summed E-state index contributed by atoms with van der Waals surface area (Å²) in [5.74, 6) is 1.28. The number of hydrogen-bond donors (Lipinski definition) is 1. The third-order valence-corrected chi connectivity index (χ3v) is 5.35. The van der Waals surface area contributed by atoms with Gasteiger partial charge >= 0.3 is 0 Å². The number of likely N-dealkylation sites (N-methyl/N-ethyl adjacent to an activating group) is 1. The molecule has 0 spiro atoms. The first-order chi connectivity index (χ1) is 14.7. The Kier molecular flexibility index (Phi) is 6.30. The van der Waals surface area contributed by atoms with E-state index in [0.29, 0.717) is 17.9 Å². The second-order valence-corrected chi connectivity index (χ2v) is 7.54. The maximum atomic E-state index is 12.8. The zero-order chi connectivity index (χ0) is 20.8. The molecule has 0 aliphatic carbocycles. The number of nitrogens with one attached hydrogen (secondary N) is 1. The second kappa shape index (κ2) is 9.46. The van der Waals surface area contributed by atoms with Gasteiger partial charge in [0.15, 0.2) is 0 Å². The van der Waals surface area contributed by atoms with E-state index in [9.17, 15) is 4.79 Å². The van der Waals surface area contributed by atoms with Crippen molar-refractivity contribution in [2.24, 2.45) is 0 Å². The first kappa shape index (κ1) is 20.0. The molecule has 5 heteroatoms. The fourth-order valence-corrected chi connectivity index (χ4v) is 3.62. The highest BCUT2D eigenvalue weighted by atomic mass is 16.5. The monoisotopic (exact) mass is 401 g/mol.